The third kappa shape index (κ3) is 4.45. The van der Waals surface area contributed by atoms with Crippen LogP contribution in [0.2, 0.25) is 0 Å². The molecule has 1 aromatic carbocycles. The number of primary sulfonamides is 1. The molecule has 0 unspecified atom stereocenters. The van der Waals surface area contributed by atoms with Crippen LogP contribution in [-0.2, 0) is 32.4 Å². The smallest absolute Gasteiger partial charge is 0.342 e. The second-order valence-electron chi connectivity index (χ2n) is 6.46. The third-order valence-corrected chi connectivity index (χ3v) is 6.59. The molecule has 2 aromatic rings. The third-order valence-electron chi connectivity index (χ3n) is 4.47. The maximum Gasteiger partial charge on any atom is 0.342 e. The van der Waals surface area contributed by atoms with Crippen LogP contribution in [-0.4, -0.2) is 39.9 Å². The molecule has 2 amide bonds. The van der Waals surface area contributed by atoms with Crippen molar-refractivity contribution >= 4 is 44.1 Å². The van der Waals surface area contributed by atoms with Crippen LogP contribution in [0.5, 0.6) is 5.75 Å². The zero-order valence-corrected chi connectivity index (χ0v) is 17.5. The molecular formula is C18H19N3O7S2. The number of ether oxygens (including phenoxy) is 2. The second-order valence-corrected chi connectivity index (χ2v) is 9.12. The van der Waals surface area contributed by atoms with Crippen molar-refractivity contribution in [3.63, 3.8) is 0 Å². The molecule has 0 bridgehead atoms. The number of carbonyl (C=O) groups excluding carboxylic acids is 3. The number of rotatable bonds is 7. The molecule has 12 heteroatoms. The number of fused-ring (bicyclic) bond motifs is 1. The molecule has 1 aliphatic carbocycles. The predicted molar refractivity (Wildman–Crippen MR) is 108 cm³/mol. The Morgan fingerprint density at radius 3 is 2.60 bits per heavy atom. The Hall–Kier alpha value is -2.96. The summed E-state index contributed by atoms with van der Waals surface area (Å²) in [6.45, 7) is -0.664. The number of amides is 2. The van der Waals surface area contributed by atoms with Crippen LogP contribution < -0.4 is 20.9 Å². The number of aryl methyl sites for hydroxylation is 1. The Morgan fingerprint density at radius 1 is 1.23 bits per heavy atom. The number of anilines is 1. The maximum atomic E-state index is 12.4. The van der Waals surface area contributed by atoms with Crippen molar-refractivity contribution in [3.05, 3.63) is 39.8 Å². The highest BCUT2D eigenvalue weighted by molar-refractivity contribution is 7.89. The van der Waals surface area contributed by atoms with Crippen molar-refractivity contribution in [3.8, 4) is 5.75 Å². The molecule has 160 valence electrons. The highest BCUT2D eigenvalue weighted by Gasteiger charge is 2.26. The van der Waals surface area contributed by atoms with Crippen LogP contribution in [0, 0.1) is 0 Å². The first-order valence-electron chi connectivity index (χ1n) is 8.74. The first kappa shape index (κ1) is 21.7. The molecule has 1 aliphatic rings. The van der Waals surface area contributed by atoms with Crippen LogP contribution in [0.3, 0.4) is 0 Å². The van der Waals surface area contributed by atoms with Gasteiger partial charge in [0.25, 0.3) is 11.8 Å². The van der Waals surface area contributed by atoms with Gasteiger partial charge in [-0.05, 0) is 43.0 Å². The molecule has 0 spiro atoms. The Bertz CT molecular complexity index is 1140. The van der Waals surface area contributed by atoms with Gasteiger partial charge in [0.15, 0.2) is 6.61 Å². The molecule has 0 saturated carbocycles. The lowest BCUT2D eigenvalue weighted by Gasteiger charge is -2.10. The second kappa shape index (κ2) is 8.42. The highest BCUT2D eigenvalue weighted by Crippen LogP contribution is 2.38. The summed E-state index contributed by atoms with van der Waals surface area (Å²) in [7, 11) is -2.76. The first-order chi connectivity index (χ1) is 14.1. The average Bonchev–Trinajstić information content (AvgIpc) is 3.25. The molecule has 0 radical (unpaired) electrons. The molecule has 30 heavy (non-hydrogen) atoms. The number of primary amides is 1. The first-order valence-corrected chi connectivity index (χ1v) is 11.1. The molecule has 0 atom stereocenters. The monoisotopic (exact) mass is 453 g/mol. The number of sulfonamides is 1. The lowest BCUT2D eigenvalue weighted by atomic mass is 10.1. The van der Waals surface area contributed by atoms with Crippen molar-refractivity contribution in [1.82, 2.24) is 0 Å². The number of nitrogens with one attached hydrogen (secondary N) is 1. The largest absolute Gasteiger partial charge is 0.496 e. The molecular weight excluding hydrogens is 434 g/mol. The molecule has 10 nitrogen and oxygen atoms in total. The van der Waals surface area contributed by atoms with E-state index in [4.69, 9.17) is 20.3 Å². The molecule has 5 N–H and O–H groups in total. The van der Waals surface area contributed by atoms with Gasteiger partial charge in [-0.1, -0.05) is 0 Å². The van der Waals surface area contributed by atoms with Gasteiger partial charge in [0.1, 0.15) is 16.3 Å². The standard InChI is InChI=1S/C18H19N3O7S2/c1-27-12-6-5-9(30(20,25)26)7-11(12)18(24)28-8-14(22)21-17-15(16(19)23)10-3-2-4-13(10)29-17/h5-7H,2-4,8H2,1H3,(H2,19,23)(H,21,22)(H2,20,25,26). The van der Waals surface area contributed by atoms with E-state index in [0.717, 1.165) is 35.8 Å². The van der Waals surface area contributed by atoms with Crippen molar-refractivity contribution in [1.29, 1.82) is 0 Å². The van der Waals surface area contributed by atoms with Crippen molar-refractivity contribution in [2.24, 2.45) is 10.9 Å². The van der Waals surface area contributed by atoms with E-state index >= 15 is 0 Å². The number of esters is 1. The summed E-state index contributed by atoms with van der Waals surface area (Å²) in [5.74, 6) is -2.23. The average molecular weight is 453 g/mol. The van der Waals surface area contributed by atoms with Crippen LogP contribution in [0.4, 0.5) is 5.00 Å². The van der Waals surface area contributed by atoms with E-state index in [1.54, 1.807) is 0 Å². The van der Waals surface area contributed by atoms with Gasteiger partial charge in [-0.25, -0.2) is 18.4 Å². The molecule has 0 fully saturated rings. The van der Waals surface area contributed by atoms with Crippen LogP contribution in [0.1, 0.15) is 37.6 Å². The van der Waals surface area contributed by atoms with E-state index in [2.05, 4.69) is 5.32 Å². The van der Waals surface area contributed by atoms with E-state index in [9.17, 15) is 22.8 Å². The van der Waals surface area contributed by atoms with E-state index < -0.39 is 34.4 Å². The fourth-order valence-electron chi connectivity index (χ4n) is 3.15. The van der Waals surface area contributed by atoms with E-state index in [1.807, 2.05) is 0 Å². The normalized spacial score (nSPS) is 12.9. The Kier molecular flexibility index (Phi) is 6.10. The van der Waals surface area contributed by atoms with Gasteiger partial charge in [0, 0.05) is 4.88 Å². The summed E-state index contributed by atoms with van der Waals surface area (Å²) >= 11 is 1.27. The van der Waals surface area contributed by atoms with Crippen molar-refractivity contribution in [2.45, 2.75) is 24.2 Å². The number of hydrogen-bond donors (Lipinski definition) is 3. The number of hydrogen-bond acceptors (Lipinski definition) is 8. The number of thiophene rings is 1. The highest BCUT2D eigenvalue weighted by atomic mass is 32.2. The number of benzene rings is 1. The minimum Gasteiger partial charge on any atom is -0.496 e. The van der Waals surface area contributed by atoms with Crippen molar-refractivity contribution < 1.29 is 32.3 Å². The number of methoxy groups -OCH3 is 1. The van der Waals surface area contributed by atoms with Gasteiger partial charge in [-0.15, -0.1) is 11.3 Å². The topological polar surface area (TPSA) is 168 Å². The Balaban J connectivity index is 1.72. The van der Waals surface area contributed by atoms with E-state index in [-0.39, 0.29) is 21.8 Å². The fourth-order valence-corrected chi connectivity index (χ4v) is 5.00. The summed E-state index contributed by atoms with van der Waals surface area (Å²) < 4.78 is 33.0. The lowest BCUT2D eigenvalue weighted by molar-refractivity contribution is -0.119. The van der Waals surface area contributed by atoms with Gasteiger partial charge in [-0.3, -0.25) is 9.59 Å². The SMILES string of the molecule is COc1ccc(S(N)(=O)=O)cc1C(=O)OCC(=O)Nc1sc2c(c1C(N)=O)CCC2. The van der Waals surface area contributed by atoms with E-state index in [1.165, 1.54) is 30.6 Å². The number of carbonyl (C=O) groups is 3. The molecule has 0 saturated heterocycles. The maximum absolute atomic E-state index is 12.4. The fraction of sp³-hybridized carbons (Fsp3) is 0.278. The minimum atomic E-state index is -4.05. The summed E-state index contributed by atoms with van der Waals surface area (Å²) in [6.07, 6.45) is 2.45. The Labute approximate surface area is 176 Å². The van der Waals surface area contributed by atoms with Gasteiger partial charge in [-0.2, -0.15) is 0 Å². The quantitative estimate of drug-likeness (QED) is 0.521. The molecule has 1 aromatic heterocycles. The number of nitrogens with two attached hydrogens (primary N) is 2. The zero-order valence-electron chi connectivity index (χ0n) is 15.9. The molecule has 3 rings (SSSR count). The van der Waals surface area contributed by atoms with Crippen LogP contribution in [0.25, 0.3) is 0 Å². The summed E-state index contributed by atoms with van der Waals surface area (Å²) in [5.41, 5.74) is 6.38. The van der Waals surface area contributed by atoms with Gasteiger partial charge < -0.3 is 20.5 Å². The lowest BCUT2D eigenvalue weighted by Crippen LogP contribution is -2.23. The molecule has 1 heterocycles. The van der Waals surface area contributed by atoms with Gasteiger partial charge in [0.05, 0.1) is 17.6 Å². The predicted octanol–water partition coefficient (Wildman–Crippen LogP) is 0.787. The van der Waals surface area contributed by atoms with Gasteiger partial charge >= 0.3 is 5.97 Å². The van der Waals surface area contributed by atoms with Gasteiger partial charge in [0.2, 0.25) is 10.0 Å². The summed E-state index contributed by atoms with van der Waals surface area (Å²) in [6, 6.07) is 3.44. The summed E-state index contributed by atoms with van der Waals surface area (Å²) in [4.78, 5) is 37.1. The van der Waals surface area contributed by atoms with Crippen LogP contribution in [0.15, 0.2) is 23.1 Å². The summed E-state index contributed by atoms with van der Waals surface area (Å²) in [5, 5.41) is 7.94. The molecule has 0 aliphatic heterocycles. The zero-order chi connectivity index (χ0) is 22.1. The minimum absolute atomic E-state index is 0.0542. The van der Waals surface area contributed by atoms with Crippen molar-refractivity contribution in [2.75, 3.05) is 19.0 Å². The Morgan fingerprint density at radius 2 is 1.97 bits per heavy atom. The van der Waals surface area contributed by atoms with E-state index in [0.29, 0.717) is 5.00 Å². The van der Waals surface area contributed by atoms with Crippen LogP contribution >= 0.6 is 11.3 Å².